The molecule has 2 heteroatoms. The maximum Gasteiger partial charge on any atom is 0.149 e. The summed E-state index contributed by atoms with van der Waals surface area (Å²) in [4.78, 5) is 11.4. The van der Waals surface area contributed by atoms with Crippen LogP contribution in [0.3, 0.4) is 0 Å². The highest BCUT2D eigenvalue weighted by atomic mass is 16.1. The third kappa shape index (κ3) is 6.06. The van der Waals surface area contributed by atoms with Gasteiger partial charge in [-0.25, -0.2) is 0 Å². The normalized spacial score (nSPS) is 14.4. The molecule has 0 aromatic heterocycles. The molecule has 0 amide bonds. The summed E-state index contributed by atoms with van der Waals surface area (Å²) in [6.45, 7) is 7.37. The molecule has 0 heterocycles. The first-order chi connectivity index (χ1) is 7.56. The van der Waals surface area contributed by atoms with Gasteiger partial charge in [-0.2, -0.15) is 0 Å². The van der Waals surface area contributed by atoms with Gasteiger partial charge in [-0.15, -0.1) is 6.58 Å². The average Bonchev–Trinajstić information content (AvgIpc) is 2.27. The van der Waals surface area contributed by atoms with E-state index in [9.17, 15) is 4.79 Å². The van der Waals surface area contributed by atoms with Gasteiger partial charge in [-0.05, 0) is 40.2 Å². The first-order valence-electron chi connectivity index (χ1n) is 6.37. The number of carbonyl (C=O) groups is 1. The summed E-state index contributed by atoms with van der Waals surface area (Å²) in [5, 5.41) is 3.13. The molecule has 2 nitrogen and oxygen atoms in total. The Labute approximate surface area is 101 Å². The van der Waals surface area contributed by atoms with Crippen molar-refractivity contribution in [3.63, 3.8) is 0 Å². The summed E-state index contributed by atoms with van der Waals surface area (Å²) in [5.74, 6) is 0.238. The van der Waals surface area contributed by atoms with Crippen molar-refractivity contribution in [3.8, 4) is 0 Å². The topological polar surface area (TPSA) is 29.1 Å². The molecule has 16 heavy (non-hydrogen) atoms. The molecule has 1 N–H and O–H groups in total. The van der Waals surface area contributed by atoms with Crippen molar-refractivity contribution in [3.05, 3.63) is 12.7 Å². The number of carbonyl (C=O) groups excluding carboxylic acids is 1. The van der Waals surface area contributed by atoms with Crippen LogP contribution in [-0.2, 0) is 4.79 Å². The molecule has 0 aliphatic heterocycles. The van der Waals surface area contributed by atoms with Crippen molar-refractivity contribution >= 4 is 5.78 Å². The second kappa shape index (κ2) is 8.51. The van der Waals surface area contributed by atoms with Gasteiger partial charge in [0.1, 0.15) is 5.78 Å². The lowest BCUT2D eigenvalue weighted by molar-refractivity contribution is -0.122. The largest absolute Gasteiger partial charge is 0.308 e. The van der Waals surface area contributed by atoms with E-state index < -0.39 is 0 Å². The van der Waals surface area contributed by atoms with Crippen LogP contribution in [0.1, 0.15) is 58.8 Å². The molecule has 0 spiro atoms. The Morgan fingerprint density at radius 3 is 2.31 bits per heavy atom. The molecular weight excluding hydrogens is 198 g/mol. The fraction of sp³-hybridized carbons (Fsp3) is 0.786. The van der Waals surface area contributed by atoms with Crippen LogP contribution in [0.2, 0.25) is 0 Å². The number of allylic oxidation sites excluding steroid dienone is 1. The Morgan fingerprint density at radius 1 is 1.25 bits per heavy atom. The van der Waals surface area contributed by atoms with Crippen molar-refractivity contribution < 1.29 is 4.79 Å². The van der Waals surface area contributed by atoms with E-state index in [1.807, 2.05) is 20.0 Å². The fourth-order valence-corrected chi connectivity index (χ4v) is 1.77. The molecule has 0 aromatic carbocycles. The number of rotatable bonds is 10. The van der Waals surface area contributed by atoms with Crippen molar-refractivity contribution in [1.29, 1.82) is 0 Å². The van der Waals surface area contributed by atoms with Crippen molar-refractivity contribution in [1.82, 2.24) is 5.32 Å². The quantitative estimate of drug-likeness (QED) is 0.455. The van der Waals surface area contributed by atoms with Gasteiger partial charge in [0.05, 0.1) is 5.54 Å². The van der Waals surface area contributed by atoms with Crippen molar-refractivity contribution in [2.45, 2.75) is 64.3 Å². The molecular formula is C14H27NO. The number of hydrogen-bond donors (Lipinski definition) is 1. The Kier molecular flexibility index (Phi) is 8.18. The van der Waals surface area contributed by atoms with Gasteiger partial charge >= 0.3 is 0 Å². The van der Waals surface area contributed by atoms with Crippen LogP contribution >= 0.6 is 0 Å². The fourth-order valence-electron chi connectivity index (χ4n) is 1.77. The Hall–Kier alpha value is -0.630. The van der Waals surface area contributed by atoms with Gasteiger partial charge in [0, 0.05) is 0 Å². The van der Waals surface area contributed by atoms with Gasteiger partial charge in [-0.1, -0.05) is 31.8 Å². The standard InChI is InChI=1S/C14H27NO/c1-5-6-7-8-9-10-11-12-14(3,15-4)13(2)16/h5,15H,1,6-12H2,2-4H3/t14-/m1/s1. The SMILES string of the molecule is C=CCCCCCCC[C@@](C)(NC)C(C)=O. The summed E-state index contributed by atoms with van der Waals surface area (Å²) in [5.41, 5.74) is -0.318. The minimum atomic E-state index is -0.318. The highest BCUT2D eigenvalue weighted by Gasteiger charge is 2.26. The second-order valence-electron chi connectivity index (χ2n) is 4.73. The number of nitrogens with one attached hydrogen (secondary N) is 1. The van der Waals surface area contributed by atoms with E-state index in [0.29, 0.717) is 0 Å². The van der Waals surface area contributed by atoms with E-state index in [0.717, 1.165) is 19.3 Å². The van der Waals surface area contributed by atoms with Gasteiger partial charge < -0.3 is 5.32 Å². The Balaban J connectivity index is 3.56. The van der Waals surface area contributed by atoms with Crippen molar-refractivity contribution in [2.75, 3.05) is 7.05 Å². The highest BCUT2D eigenvalue weighted by molar-refractivity contribution is 5.85. The van der Waals surface area contributed by atoms with Crippen LogP contribution < -0.4 is 5.32 Å². The van der Waals surface area contributed by atoms with E-state index in [1.54, 1.807) is 6.92 Å². The van der Waals surface area contributed by atoms with Gasteiger partial charge in [0.15, 0.2) is 0 Å². The molecule has 0 aromatic rings. The van der Waals surface area contributed by atoms with Crippen LogP contribution in [0, 0.1) is 0 Å². The molecule has 0 saturated heterocycles. The summed E-state index contributed by atoms with van der Waals surface area (Å²) in [6, 6.07) is 0. The predicted octanol–water partition coefficient (Wildman–Crippen LogP) is 3.47. The average molecular weight is 225 g/mol. The zero-order valence-corrected chi connectivity index (χ0v) is 11.1. The molecule has 0 bridgehead atoms. The second-order valence-corrected chi connectivity index (χ2v) is 4.73. The predicted molar refractivity (Wildman–Crippen MR) is 70.7 cm³/mol. The molecule has 0 radical (unpaired) electrons. The minimum Gasteiger partial charge on any atom is -0.308 e. The lowest BCUT2D eigenvalue weighted by Crippen LogP contribution is -2.46. The van der Waals surface area contributed by atoms with E-state index >= 15 is 0 Å². The van der Waals surface area contributed by atoms with Crippen LogP contribution in [-0.4, -0.2) is 18.4 Å². The molecule has 0 saturated carbocycles. The van der Waals surface area contributed by atoms with E-state index in [4.69, 9.17) is 0 Å². The third-order valence-electron chi connectivity index (χ3n) is 3.41. The van der Waals surface area contributed by atoms with Crippen LogP contribution in [0.25, 0.3) is 0 Å². The molecule has 0 aliphatic carbocycles. The molecule has 0 aliphatic rings. The number of hydrogen-bond acceptors (Lipinski definition) is 2. The zero-order chi connectivity index (χ0) is 12.4. The van der Waals surface area contributed by atoms with E-state index in [1.165, 1.54) is 25.7 Å². The summed E-state index contributed by atoms with van der Waals surface area (Å²) in [7, 11) is 1.87. The lowest BCUT2D eigenvalue weighted by Gasteiger charge is -2.26. The minimum absolute atomic E-state index is 0.238. The van der Waals surface area contributed by atoms with E-state index in [2.05, 4.69) is 11.9 Å². The summed E-state index contributed by atoms with van der Waals surface area (Å²) < 4.78 is 0. The Bertz CT molecular complexity index is 213. The summed E-state index contributed by atoms with van der Waals surface area (Å²) in [6.07, 6.45) is 10.2. The molecule has 0 unspecified atom stereocenters. The highest BCUT2D eigenvalue weighted by Crippen LogP contribution is 2.16. The van der Waals surface area contributed by atoms with Crippen molar-refractivity contribution in [2.24, 2.45) is 0 Å². The van der Waals surface area contributed by atoms with Crippen LogP contribution in [0.4, 0.5) is 0 Å². The first kappa shape index (κ1) is 15.4. The van der Waals surface area contributed by atoms with Gasteiger partial charge in [-0.3, -0.25) is 4.79 Å². The molecule has 0 rings (SSSR count). The maximum atomic E-state index is 11.4. The van der Waals surface area contributed by atoms with Crippen LogP contribution in [0.15, 0.2) is 12.7 Å². The summed E-state index contributed by atoms with van der Waals surface area (Å²) >= 11 is 0. The van der Waals surface area contributed by atoms with E-state index in [-0.39, 0.29) is 11.3 Å². The molecule has 1 atom stereocenters. The number of Topliss-reactive ketones (excluding diaryl/α,β-unsaturated/α-hetero) is 1. The number of ketones is 1. The van der Waals surface area contributed by atoms with Crippen LogP contribution in [0.5, 0.6) is 0 Å². The maximum absolute atomic E-state index is 11.4. The monoisotopic (exact) mass is 225 g/mol. The number of likely N-dealkylation sites (N-methyl/N-ethyl adjacent to an activating group) is 1. The number of unbranched alkanes of at least 4 members (excludes halogenated alkanes) is 5. The third-order valence-corrected chi connectivity index (χ3v) is 3.41. The Morgan fingerprint density at radius 2 is 1.81 bits per heavy atom. The lowest BCUT2D eigenvalue weighted by atomic mass is 9.90. The van der Waals surface area contributed by atoms with Gasteiger partial charge in [0.25, 0.3) is 0 Å². The molecule has 0 fully saturated rings. The molecule has 94 valence electrons. The first-order valence-corrected chi connectivity index (χ1v) is 6.37. The van der Waals surface area contributed by atoms with Gasteiger partial charge in [0.2, 0.25) is 0 Å². The zero-order valence-electron chi connectivity index (χ0n) is 11.1. The smallest absolute Gasteiger partial charge is 0.149 e.